The van der Waals surface area contributed by atoms with E-state index in [2.05, 4.69) is 0 Å². The molecule has 0 radical (unpaired) electrons. The van der Waals surface area contributed by atoms with Crippen molar-refractivity contribution in [3.8, 4) is 11.5 Å². The van der Waals surface area contributed by atoms with E-state index in [1.165, 1.54) is 0 Å². The van der Waals surface area contributed by atoms with Crippen LogP contribution in [0.25, 0.3) is 0 Å². The van der Waals surface area contributed by atoms with Crippen LogP contribution in [-0.2, 0) is 10.2 Å². The van der Waals surface area contributed by atoms with Gasteiger partial charge < -0.3 is 14.6 Å². The fraction of sp³-hybridized carbons (Fsp3) is 0.500. The topological polar surface area (TPSA) is 55.8 Å². The smallest absolute Gasteiger partial charge is 0.304 e. The number of rotatable bonds is 6. The molecule has 18 heavy (non-hydrogen) atoms. The summed E-state index contributed by atoms with van der Waals surface area (Å²) in [5.74, 6) is 0.496. The number of carboxylic acid groups (broad SMARTS) is 1. The average Bonchev–Trinajstić information content (AvgIpc) is 2.28. The highest BCUT2D eigenvalue weighted by Crippen LogP contribution is 2.34. The number of hydrogen-bond acceptors (Lipinski definition) is 3. The lowest BCUT2D eigenvalue weighted by Gasteiger charge is -2.24. The van der Waals surface area contributed by atoms with Gasteiger partial charge >= 0.3 is 5.97 Å². The van der Waals surface area contributed by atoms with Gasteiger partial charge in [0.1, 0.15) is 0 Å². The first-order valence-corrected chi connectivity index (χ1v) is 5.94. The maximum absolute atomic E-state index is 10.9. The Bertz CT molecular complexity index is 424. The van der Waals surface area contributed by atoms with Gasteiger partial charge in [0, 0.05) is 5.41 Å². The molecule has 0 saturated heterocycles. The van der Waals surface area contributed by atoms with Crippen molar-refractivity contribution in [3.05, 3.63) is 23.8 Å². The minimum Gasteiger partial charge on any atom is -0.493 e. The van der Waals surface area contributed by atoms with Crippen molar-refractivity contribution < 1.29 is 19.4 Å². The molecule has 1 N–H and O–H groups in total. The second kappa shape index (κ2) is 5.76. The Kier molecular flexibility index (Phi) is 4.59. The Morgan fingerprint density at radius 3 is 2.50 bits per heavy atom. The molecule has 0 amide bonds. The third-order valence-corrected chi connectivity index (χ3v) is 2.84. The molecule has 0 aromatic heterocycles. The predicted octanol–water partition coefficient (Wildman–Crippen LogP) is 2.85. The monoisotopic (exact) mass is 252 g/mol. The first-order chi connectivity index (χ1) is 8.40. The lowest BCUT2D eigenvalue weighted by Crippen LogP contribution is -2.21. The van der Waals surface area contributed by atoms with Crippen molar-refractivity contribution in [1.82, 2.24) is 0 Å². The molecule has 0 saturated carbocycles. The molecule has 0 fully saturated rings. The molecule has 0 aliphatic rings. The largest absolute Gasteiger partial charge is 0.493 e. The minimum absolute atomic E-state index is 0.0735. The van der Waals surface area contributed by atoms with Crippen molar-refractivity contribution in [2.75, 3.05) is 13.7 Å². The summed E-state index contributed by atoms with van der Waals surface area (Å²) in [7, 11) is 1.58. The normalized spacial score (nSPS) is 11.1. The van der Waals surface area contributed by atoms with Crippen molar-refractivity contribution in [2.24, 2.45) is 0 Å². The van der Waals surface area contributed by atoms with Gasteiger partial charge in [0.25, 0.3) is 0 Å². The van der Waals surface area contributed by atoms with Gasteiger partial charge in [0.05, 0.1) is 20.1 Å². The van der Waals surface area contributed by atoms with Crippen molar-refractivity contribution in [2.45, 2.75) is 32.6 Å². The number of methoxy groups -OCH3 is 1. The summed E-state index contributed by atoms with van der Waals surface area (Å²) < 4.78 is 10.7. The average molecular weight is 252 g/mol. The van der Waals surface area contributed by atoms with Crippen molar-refractivity contribution in [1.29, 1.82) is 0 Å². The molecule has 0 heterocycles. The quantitative estimate of drug-likeness (QED) is 0.845. The number of carbonyl (C=O) groups is 1. The highest BCUT2D eigenvalue weighted by Gasteiger charge is 2.25. The van der Waals surface area contributed by atoms with Crippen LogP contribution in [0.5, 0.6) is 11.5 Å². The second-order valence-electron chi connectivity index (χ2n) is 4.75. The van der Waals surface area contributed by atoms with Gasteiger partial charge in [-0.15, -0.1) is 0 Å². The summed E-state index contributed by atoms with van der Waals surface area (Å²) in [4.78, 5) is 10.9. The van der Waals surface area contributed by atoms with Gasteiger partial charge in [-0.05, 0) is 24.6 Å². The molecule has 0 aliphatic heterocycles. The molecule has 1 aromatic rings. The lowest BCUT2D eigenvalue weighted by atomic mass is 9.81. The molecule has 4 nitrogen and oxygen atoms in total. The van der Waals surface area contributed by atoms with Crippen LogP contribution < -0.4 is 9.47 Å². The van der Waals surface area contributed by atoms with Crippen LogP contribution in [0, 0.1) is 0 Å². The molecule has 0 unspecified atom stereocenters. The van der Waals surface area contributed by atoms with E-state index in [4.69, 9.17) is 14.6 Å². The maximum Gasteiger partial charge on any atom is 0.304 e. The SMILES string of the molecule is CCOc1ccc(C(C)(C)CC(=O)O)cc1OC. The van der Waals surface area contributed by atoms with Crippen LogP contribution in [0.2, 0.25) is 0 Å². The summed E-state index contributed by atoms with van der Waals surface area (Å²) in [5.41, 5.74) is 0.481. The third kappa shape index (κ3) is 3.39. The van der Waals surface area contributed by atoms with Crippen LogP contribution in [0.15, 0.2) is 18.2 Å². The molecule has 0 bridgehead atoms. The molecule has 1 rings (SSSR count). The Balaban J connectivity index is 3.07. The van der Waals surface area contributed by atoms with Gasteiger partial charge in [0.15, 0.2) is 11.5 Å². The Morgan fingerprint density at radius 2 is 2.00 bits per heavy atom. The molecule has 0 atom stereocenters. The van der Waals surface area contributed by atoms with Gasteiger partial charge in [0.2, 0.25) is 0 Å². The van der Waals surface area contributed by atoms with Crippen LogP contribution >= 0.6 is 0 Å². The first kappa shape index (κ1) is 14.4. The van der Waals surface area contributed by atoms with Crippen LogP contribution in [-0.4, -0.2) is 24.8 Å². The van der Waals surface area contributed by atoms with Crippen molar-refractivity contribution >= 4 is 5.97 Å². The van der Waals surface area contributed by atoms with E-state index in [-0.39, 0.29) is 6.42 Å². The molecule has 1 aromatic carbocycles. The maximum atomic E-state index is 10.9. The van der Waals surface area contributed by atoms with Gasteiger partial charge in [-0.3, -0.25) is 4.79 Å². The number of ether oxygens (including phenoxy) is 2. The standard InChI is InChI=1S/C14H20O4/c1-5-18-11-7-6-10(8-12(11)17-4)14(2,3)9-13(15)16/h6-8H,5,9H2,1-4H3,(H,15,16). The Hall–Kier alpha value is -1.71. The van der Waals surface area contributed by atoms with E-state index in [1.807, 2.05) is 39.0 Å². The van der Waals surface area contributed by atoms with E-state index in [1.54, 1.807) is 7.11 Å². The fourth-order valence-electron chi connectivity index (χ4n) is 1.84. The highest BCUT2D eigenvalue weighted by atomic mass is 16.5. The highest BCUT2D eigenvalue weighted by molar-refractivity contribution is 5.69. The minimum atomic E-state index is -0.812. The number of benzene rings is 1. The van der Waals surface area contributed by atoms with E-state index in [0.717, 1.165) is 5.56 Å². The summed E-state index contributed by atoms with van der Waals surface area (Å²) in [5, 5.41) is 8.92. The van der Waals surface area contributed by atoms with Gasteiger partial charge in [-0.2, -0.15) is 0 Å². The van der Waals surface area contributed by atoms with Crippen molar-refractivity contribution in [3.63, 3.8) is 0 Å². The summed E-state index contributed by atoms with van der Waals surface area (Å²) in [6.45, 7) is 6.27. The van der Waals surface area contributed by atoms with Gasteiger partial charge in [-0.25, -0.2) is 0 Å². The zero-order chi connectivity index (χ0) is 13.8. The van der Waals surface area contributed by atoms with E-state index in [9.17, 15) is 4.79 Å². The Labute approximate surface area is 108 Å². The summed E-state index contributed by atoms with van der Waals surface area (Å²) >= 11 is 0. The van der Waals surface area contributed by atoms with E-state index < -0.39 is 11.4 Å². The summed E-state index contributed by atoms with van der Waals surface area (Å²) in [6, 6.07) is 5.55. The van der Waals surface area contributed by atoms with Crippen LogP contribution in [0.3, 0.4) is 0 Å². The van der Waals surface area contributed by atoms with E-state index in [0.29, 0.717) is 18.1 Å². The number of hydrogen-bond donors (Lipinski definition) is 1. The second-order valence-corrected chi connectivity index (χ2v) is 4.75. The molecule has 4 heteroatoms. The molecular formula is C14H20O4. The molecule has 100 valence electrons. The number of aliphatic carboxylic acids is 1. The molecular weight excluding hydrogens is 232 g/mol. The van der Waals surface area contributed by atoms with Gasteiger partial charge in [-0.1, -0.05) is 19.9 Å². The Morgan fingerprint density at radius 1 is 1.33 bits per heavy atom. The van der Waals surface area contributed by atoms with Crippen LogP contribution in [0.4, 0.5) is 0 Å². The first-order valence-electron chi connectivity index (χ1n) is 5.94. The lowest BCUT2D eigenvalue weighted by molar-refractivity contribution is -0.138. The molecule has 0 aliphatic carbocycles. The third-order valence-electron chi connectivity index (χ3n) is 2.84. The van der Waals surface area contributed by atoms with Crippen LogP contribution in [0.1, 0.15) is 32.8 Å². The molecule has 0 spiro atoms. The zero-order valence-corrected chi connectivity index (χ0v) is 11.3. The predicted molar refractivity (Wildman–Crippen MR) is 69.4 cm³/mol. The fourth-order valence-corrected chi connectivity index (χ4v) is 1.84. The van der Waals surface area contributed by atoms with E-state index >= 15 is 0 Å². The zero-order valence-electron chi connectivity index (χ0n) is 11.3. The summed E-state index contributed by atoms with van der Waals surface area (Å²) in [6.07, 6.45) is 0.0735. The number of carboxylic acids is 1.